The lowest BCUT2D eigenvalue weighted by Crippen LogP contribution is -2.66. The van der Waals surface area contributed by atoms with Gasteiger partial charge in [-0.1, -0.05) is 122 Å². The Hall–Kier alpha value is -15.6. The normalized spacial score (nSPS) is 17.6. The fraction of sp³-hybridized carbons (Fsp3) is 0.292. The van der Waals surface area contributed by atoms with Crippen LogP contribution in [0.3, 0.4) is 0 Å². The molecule has 10 heterocycles. The van der Waals surface area contributed by atoms with Gasteiger partial charge in [-0.2, -0.15) is 0 Å². The Kier molecular flexibility index (Phi) is 26.7. The molecule has 37 heteroatoms. The number of primary amides is 1. The van der Waals surface area contributed by atoms with E-state index in [0.717, 1.165) is 68.7 Å². The van der Waals surface area contributed by atoms with Gasteiger partial charge in [-0.3, -0.25) is 66.6 Å². The van der Waals surface area contributed by atoms with E-state index in [-0.39, 0.29) is 146 Å². The summed E-state index contributed by atoms with van der Waals surface area (Å²) in [5, 5.41) is 31.7. The van der Waals surface area contributed by atoms with Gasteiger partial charge < -0.3 is 70.1 Å². The molecule has 6 atom stereocenters. The van der Waals surface area contributed by atoms with E-state index >= 15 is 35.1 Å². The number of hydrogen-bond donors (Lipinski definition) is 4. The Morgan fingerprint density at radius 2 is 0.776 bits per heavy atom. The number of halogens is 9. The molecule has 4 aromatic heterocycles. The number of para-hydroxylation sites is 2. The van der Waals surface area contributed by atoms with E-state index in [1.807, 2.05) is 47.6 Å². The number of carbonyl (C=O) groups is 7. The fourth-order valence-corrected chi connectivity index (χ4v) is 21.2. The number of fused-ring (bicyclic) bond motifs is 15. The number of nitrogens with two attached hydrogens (primary N) is 1. The zero-order chi connectivity index (χ0) is 104. The average molecular weight is 1980 g/mol. The zero-order valence-electron chi connectivity index (χ0n) is 80.7. The minimum absolute atomic E-state index is 0.00356. The van der Waals surface area contributed by atoms with Crippen molar-refractivity contribution in [3.8, 4) is 67.7 Å². The quantitative estimate of drug-likeness (QED) is 0.0547. The maximum Gasteiger partial charge on any atom is 0.281 e. The second-order valence-electron chi connectivity index (χ2n) is 37.3. The number of aromatic hydroxyl groups is 3. The van der Waals surface area contributed by atoms with Crippen molar-refractivity contribution >= 4 is 125 Å². The summed E-state index contributed by atoms with van der Waals surface area (Å²) in [6, 6.07) is 20.8. The number of benzene rings is 8. The van der Waals surface area contributed by atoms with Gasteiger partial charge in [0.2, 0.25) is 17.7 Å². The Balaban J connectivity index is 0.000000154. The van der Waals surface area contributed by atoms with Crippen molar-refractivity contribution in [2.75, 3.05) is 109 Å². The van der Waals surface area contributed by atoms with Crippen LogP contribution in [0.25, 0.3) is 83.2 Å². The maximum atomic E-state index is 17.4. The molecule has 12 aromatic rings. The first-order chi connectivity index (χ1) is 67.7. The van der Waals surface area contributed by atoms with Crippen LogP contribution in [0.15, 0.2) is 174 Å². The topological polar surface area (TPSA) is 317 Å². The smallest absolute Gasteiger partial charge is 0.281 e. The number of rotatable bonds is 15. The molecule has 0 spiro atoms. The molecule has 18 rings (SSSR count). The molecule has 8 aromatic carbocycles. The number of phenols is 3. The summed E-state index contributed by atoms with van der Waals surface area (Å²) >= 11 is 6.78. The van der Waals surface area contributed by atoms with Crippen molar-refractivity contribution in [3.05, 3.63) is 270 Å². The SMILES string of the molecule is C=CC(=O)N1CC2C(=O)N(C)c3c(c4cc(Cl)c(-c5c(O)cccc5F)c(F)c4n(-c4c(CC)ccnc4C(C)C)c3=O)N2CC1C.C=CC(=O)N1CC2C(=O)N(C)c3c(c4cc(F)c(-c5c(O)cccc5F)c(F)c4n(-c4c(C(C)C)cccc4N(C)C)c3=O)N2CC1C.C=CC(=O)N1CC2C(=O)N(C)c3c(c4cc(F)c(-c5c(O)cccc5F)c(F)c4n(-c4c(C(N)=O)cccc4C(C)C)c3=O)N2CC1C. The first-order valence-corrected chi connectivity index (χ1v) is 46.5. The molecule has 742 valence electrons. The predicted octanol–water partition coefficient (Wildman–Crippen LogP) is 16.1. The summed E-state index contributed by atoms with van der Waals surface area (Å²) in [7, 11) is 7.77. The zero-order valence-corrected chi connectivity index (χ0v) is 81.5. The van der Waals surface area contributed by atoms with Crippen molar-refractivity contribution in [2.24, 2.45) is 5.73 Å². The largest absolute Gasteiger partial charge is 0.507 e. The standard InChI is InChI=1S/C36H36F3N5O4.C35H34ClF2N5O4.C35H32F3N5O5/c1-8-27(46)42-17-25-35(47)41(7)34-33(43(25)16-19(42)4)21-15-23(38)29(28-22(37)12-10-14-26(28)45)30(39)32(21)44(36(34)48)31-20(18(2)3)11-9-13-24(31)40(5)6;1-7-19-12-13-39-29(17(3)4)30(19)43-31-20(14-21(36)26(28(31)38)27-22(37)10-9-11-24(27)44)32-33(35(43)47)40(6)34(46)23-16-41(25(45)8-2)18(5)15-42(23)32;1-6-25(45)41-15-23-34(47)40(5)32-31(42(23)14-17(41)4)20-13-22(37)27(26-21(36)11-8-12-24(26)44)28(38)30(20)43(35(32)48)29-18(16(2)3)9-7-10-19(29)33(39)46/h8-15,18-19,25,45H,1,16-17H2,2-7H3;8-14,17-18,23,44H,2,7,15-16H2,1,3-6H3;6-13,16-17,23,44H,1,14-15H2,2-5H3,(H2,39,46). The van der Waals surface area contributed by atoms with Gasteiger partial charge in [0.15, 0.2) is 17.5 Å². The van der Waals surface area contributed by atoms with Crippen LogP contribution in [0.1, 0.15) is 120 Å². The lowest BCUT2D eigenvalue weighted by molar-refractivity contribution is -0.132. The van der Waals surface area contributed by atoms with Crippen LogP contribution in [0.2, 0.25) is 5.02 Å². The van der Waals surface area contributed by atoms with Gasteiger partial charge in [-0.05, 0) is 153 Å². The summed E-state index contributed by atoms with van der Waals surface area (Å²) in [4.78, 5) is 157. The highest BCUT2D eigenvalue weighted by Gasteiger charge is 2.52. The maximum absolute atomic E-state index is 17.4. The van der Waals surface area contributed by atoms with E-state index in [0.29, 0.717) is 45.9 Å². The van der Waals surface area contributed by atoms with E-state index in [1.54, 1.807) is 103 Å². The second kappa shape index (κ2) is 38.1. The monoisotopic (exact) mass is 1980 g/mol. The van der Waals surface area contributed by atoms with Crippen LogP contribution in [-0.4, -0.2) is 201 Å². The van der Waals surface area contributed by atoms with Crippen LogP contribution in [0, 0.1) is 46.5 Å². The molecule has 0 radical (unpaired) electrons. The number of nitrogens with zero attached hydrogens (tertiary/aromatic N) is 14. The third-order valence-electron chi connectivity index (χ3n) is 27.7. The Bertz CT molecular complexity index is 7630. The second-order valence-corrected chi connectivity index (χ2v) is 37.7. The summed E-state index contributed by atoms with van der Waals surface area (Å²) in [6.07, 6.45) is 5.56. The van der Waals surface area contributed by atoms with Gasteiger partial charge in [-0.15, -0.1) is 0 Å². The molecule has 0 bridgehead atoms. The number of aromatic nitrogens is 4. The van der Waals surface area contributed by atoms with E-state index in [4.69, 9.17) is 17.3 Å². The van der Waals surface area contributed by atoms with Crippen LogP contribution in [0.4, 0.5) is 74.9 Å². The van der Waals surface area contributed by atoms with Gasteiger partial charge in [0.25, 0.3) is 40.3 Å². The van der Waals surface area contributed by atoms with Gasteiger partial charge in [0.05, 0.1) is 120 Å². The van der Waals surface area contributed by atoms with Crippen molar-refractivity contribution < 1.29 is 84.0 Å². The molecule has 143 heavy (non-hydrogen) atoms. The number of piperazine rings is 3. The van der Waals surface area contributed by atoms with Crippen molar-refractivity contribution in [2.45, 2.75) is 130 Å². The molecule has 6 aliphatic heterocycles. The molecule has 28 nitrogen and oxygen atoms in total. The Labute approximate surface area is 820 Å². The van der Waals surface area contributed by atoms with Gasteiger partial charge >= 0.3 is 0 Å². The van der Waals surface area contributed by atoms with Gasteiger partial charge in [0.1, 0.15) is 81.5 Å². The number of hydrogen-bond acceptors (Lipinski definition) is 18. The lowest BCUT2D eigenvalue weighted by Gasteiger charge is -2.50. The molecular formula is C106H102ClF8N15O13. The average Bonchev–Trinajstić information content (AvgIpc) is 0.705. The first-order valence-electron chi connectivity index (χ1n) is 46.1. The third-order valence-corrected chi connectivity index (χ3v) is 28.0. The Morgan fingerprint density at radius 3 is 1.12 bits per heavy atom. The van der Waals surface area contributed by atoms with Crippen LogP contribution in [-0.2, 0) is 35.2 Å². The third kappa shape index (κ3) is 16.1. The lowest BCUT2D eigenvalue weighted by atomic mass is 9.93. The molecule has 5 N–H and O–H groups in total. The molecule has 6 unspecified atom stereocenters. The minimum Gasteiger partial charge on any atom is -0.507 e. The number of anilines is 7. The van der Waals surface area contributed by atoms with Crippen LogP contribution >= 0.6 is 11.6 Å². The number of carbonyl (C=O) groups excluding carboxylic acids is 7. The first kappa shape index (κ1) is 100. The Morgan fingerprint density at radius 1 is 0.441 bits per heavy atom. The molecular weight excluding hydrogens is 1880 g/mol. The van der Waals surface area contributed by atoms with Gasteiger partial charge in [0, 0.05) is 101 Å². The minimum atomic E-state index is -1.40. The number of aryl methyl sites for hydroxylation is 1. The van der Waals surface area contributed by atoms with E-state index < -0.39 is 185 Å². The summed E-state index contributed by atoms with van der Waals surface area (Å²) in [5.74, 6) is -15.4. The van der Waals surface area contributed by atoms with E-state index in [9.17, 15) is 63.3 Å². The summed E-state index contributed by atoms with van der Waals surface area (Å²) < 4.78 is 134. The van der Waals surface area contributed by atoms with E-state index in [2.05, 4.69) is 24.7 Å². The molecule has 6 aliphatic rings. The molecule has 3 saturated heterocycles. The van der Waals surface area contributed by atoms with Gasteiger partial charge in [-0.25, -0.2) is 35.1 Å². The van der Waals surface area contributed by atoms with Crippen molar-refractivity contribution in [1.82, 2.24) is 33.4 Å². The highest BCUT2D eigenvalue weighted by molar-refractivity contribution is 6.35. The van der Waals surface area contributed by atoms with Crippen LogP contribution in [0.5, 0.6) is 17.2 Å². The fourth-order valence-electron chi connectivity index (χ4n) is 20.9. The molecule has 7 amide bonds. The number of likely N-dealkylation sites (N-methyl/N-ethyl adjacent to an activating group) is 3. The molecule has 0 aliphatic carbocycles. The summed E-state index contributed by atoms with van der Waals surface area (Å²) in [6.45, 7) is 29.1. The number of phenolic OH excluding ortho intramolecular Hbond substituents is 3. The highest BCUT2D eigenvalue weighted by Crippen LogP contribution is 2.53. The highest BCUT2D eigenvalue weighted by atomic mass is 35.5. The molecule has 3 fully saturated rings. The number of pyridine rings is 4. The molecule has 0 saturated carbocycles. The van der Waals surface area contributed by atoms with Crippen molar-refractivity contribution in [1.29, 1.82) is 0 Å². The van der Waals surface area contributed by atoms with E-state index in [1.165, 1.54) is 87.8 Å². The van der Waals surface area contributed by atoms with Crippen LogP contribution < -0.4 is 56.7 Å². The number of amides is 7. The predicted molar refractivity (Wildman–Crippen MR) is 535 cm³/mol. The summed E-state index contributed by atoms with van der Waals surface area (Å²) in [5.41, 5.74) is 1.51. The van der Waals surface area contributed by atoms with Crippen molar-refractivity contribution in [3.63, 3.8) is 0 Å².